The largest absolute Gasteiger partial charge is 0.461 e. The van der Waals surface area contributed by atoms with Crippen molar-refractivity contribution in [3.05, 3.63) is 52.3 Å². The molecule has 0 spiro atoms. The molecular weight excluding hydrogens is 316 g/mol. The van der Waals surface area contributed by atoms with Gasteiger partial charge in [-0.05, 0) is 50.8 Å². The van der Waals surface area contributed by atoms with Gasteiger partial charge in [0.05, 0.1) is 12.2 Å². The van der Waals surface area contributed by atoms with E-state index in [0.29, 0.717) is 30.0 Å². The quantitative estimate of drug-likeness (QED) is 0.805. The molecule has 1 aliphatic heterocycles. The summed E-state index contributed by atoms with van der Waals surface area (Å²) in [4.78, 5) is 27.4. The number of para-hydroxylation sites is 1. The van der Waals surface area contributed by atoms with Crippen molar-refractivity contribution >= 4 is 17.6 Å². The first-order chi connectivity index (χ1) is 12.0. The molecule has 0 atom stereocenters. The number of fused-ring (bicyclic) bond motifs is 1. The zero-order chi connectivity index (χ0) is 18.1. The Hall–Kier alpha value is -2.56. The van der Waals surface area contributed by atoms with Crippen molar-refractivity contribution in [3.8, 4) is 0 Å². The standard InChI is InChI=1S/C20H24N2O3/c1-5-25-20(24)18-13(2)17(14(3)21(18)4)19(23)22-12-8-10-15-9-6-7-11-16(15)22/h6-7,9,11H,5,8,10,12H2,1-4H3. The topological polar surface area (TPSA) is 51.5 Å². The van der Waals surface area contributed by atoms with E-state index in [9.17, 15) is 9.59 Å². The SMILES string of the molecule is CCOC(=O)c1c(C)c(C(=O)N2CCCc3ccccc32)c(C)n1C. The number of aromatic nitrogens is 1. The molecule has 25 heavy (non-hydrogen) atoms. The van der Waals surface area contributed by atoms with E-state index in [1.165, 1.54) is 5.56 Å². The molecule has 5 heteroatoms. The maximum absolute atomic E-state index is 13.3. The third kappa shape index (κ3) is 2.84. The van der Waals surface area contributed by atoms with E-state index in [0.717, 1.165) is 24.2 Å². The first-order valence-electron chi connectivity index (χ1n) is 8.70. The molecule has 5 nitrogen and oxygen atoms in total. The van der Waals surface area contributed by atoms with Gasteiger partial charge in [0.1, 0.15) is 5.69 Å². The summed E-state index contributed by atoms with van der Waals surface area (Å²) in [5.41, 5.74) is 4.69. The Balaban J connectivity index is 2.05. The second-order valence-corrected chi connectivity index (χ2v) is 6.40. The molecule has 0 fully saturated rings. The normalized spacial score (nSPS) is 13.5. The van der Waals surface area contributed by atoms with Gasteiger partial charge >= 0.3 is 5.97 Å². The third-order valence-electron chi connectivity index (χ3n) is 4.97. The van der Waals surface area contributed by atoms with E-state index in [4.69, 9.17) is 4.74 Å². The van der Waals surface area contributed by atoms with Crippen LogP contribution in [0.4, 0.5) is 5.69 Å². The number of hydrogen-bond donors (Lipinski definition) is 0. The van der Waals surface area contributed by atoms with Gasteiger partial charge in [0.25, 0.3) is 5.91 Å². The Bertz CT molecular complexity index is 836. The summed E-state index contributed by atoms with van der Waals surface area (Å²) < 4.78 is 6.92. The lowest BCUT2D eigenvalue weighted by Crippen LogP contribution is -2.36. The van der Waals surface area contributed by atoms with Gasteiger partial charge in [0, 0.05) is 25.0 Å². The zero-order valence-corrected chi connectivity index (χ0v) is 15.3. The maximum Gasteiger partial charge on any atom is 0.355 e. The smallest absolute Gasteiger partial charge is 0.355 e. The van der Waals surface area contributed by atoms with E-state index in [1.54, 1.807) is 18.5 Å². The lowest BCUT2D eigenvalue weighted by molar-refractivity contribution is 0.0514. The molecule has 2 aromatic rings. The van der Waals surface area contributed by atoms with Gasteiger partial charge in [-0.25, -0.2) is 4.79 Å². The van der Waals surface area contributed by atoms with Crippen molar-refractivity contribution in [1.29, 1.82) is 0 Å². The van der Waals surface area contributed by atoms with Gasteiger partial charge < -0.3 is 14.2 Å². The summed E-state index contributed by atoms with van der Waals surface area (Å²) >= 11 is 0. The van der Waals surface area contributed by atoms with E-state index in [1.807, 2.05) is 36.9 Å². The number of carbonyl (C=O) groups excluding carboxylic acids is 2. The Morgan fingerprint density at radius 1 is 1.20 bits per heavy atom. The highest BCUT2D eigenvalue weighted by molar-refractivity contribution is 6.10. The lowest BCUT2D eigenvalue weighted by Gasteiger charge is -2.29. The summed E-state index contributed by atoms with van der Waals surface area (Å²) in [6, 6.07) is 8.03. The molecule has 1 aromatic heterocycles. The average Bonchev–Trinajstić information content (AvgIpc) is 2.83. The fourth-order valence-electron chi connectivity index (χ4n) is 3.66. The molecule has 0 radical (unpaired) electrons. The number of aryl methyl sites for hydroxylation is 1. The fourth-order valence-corrected chi connectivity index (χ4v) is 3.66. The predicted molar refractivity (Wildman–Crippen MR) is 97.3 cm³/mol. The van der Waals surface area contributed by atoms with Crippen LogP contribution in [0, 0.1) is 13.8 Å². The first-order valence-corrected chi connectivity index (χ1v) is 8.70. The van der Waals surface area contributed by atoms with Crippen molar-refractivity contribution in [2.45, 2.75) is 33.6 Å². The Labute approximate surface area is 148 Å². The van der Waals surface area contributed by atoms with Crippen molar-refractivity contribution in [3.63, 3.8) is 0 Å². The number of ether oxygens (including phenoxy) is 1. The molecule has 0 unspecified atom stereocenters. The zero-order valence-electron chi connectivity index (χ0n) is 15.3. The molecule has 0 aliphatic carbocycles. The highest BCUT2D eigenvalue weighted by Crippen LogP contribution is 2.31. The fraction of sp³-hybridized carbons (Fsp3) is 0.400. The van der Waals surface area contributed by atoms with Crippen LogP contribution in [-0.4, -0.2) is 29.6 Å². The molecular formula is C20H24N2O3. The van der Waals surface area contributed by atoms with Crippen molar-refractivity contribution < 1.29 is 14.3 Å². The summed E-state index contributed by atoms with van der Waals surface area (Å²) in [6.45, 7) is 6.48. The number of amides is 1. The highest BCUT2D eigenvalue weighted by Gasteiger charge is 2.30. The monoisotopic (exact) mass is 340 g/mol. The minimum Gasteiger partial charge on any atom is -0.461 e. The van der Waals surface area contributed by atoms with Gasteiger partial charge in [0.15, 0.2) is 0 Å². The minimum absolute atomic E-state index is 0.0479. The van der Waals surface area contributed by atoms with Crippen LogP contribution in [0.2, 0.25) is 0 Å². The number of carbonyl (C=O) groups is 2. The molecule has 0 saturated heterocycles. The summed E-state index contributed by atoms with van der Waals surface area (Å²) in [5, 5.41) is 0. The number of anilines is 1. The first kappa shape index (κ1) is 17.3. The molecule has 1 aliphatic rings. The van der Waals surface area contributed by atoms with E-state index in [-0.39, 0.29) is 11.9 Å². The molecule has 0 bridgehead atoms. The number of rotatable bonds is 3. The second kappa shape index (κ2) is 6.75. The Kier molecular flexibility index (Phi) is 4.66. The molecule has 0 saturated carbocycles. The number of esters is 1. The molecule has 3 rings (SSSR count). The van der Waals surface area contributed by atoms with E-state index >= 15 is 0 Å². The molecule has 132 valence electrons. The third-order valence-corrected chi connectivity index (χ3v) is 4.97. The number of benzene rings is 1. The molecule has 0 N–H and O–H groups in total. The van der Waals surface area contributed by atoms with Crippen LogP contribution >= 0.6 is 0 Å². The minimum atomic E-state index is -0.385. The van der Waals surface area contributed by atoms with Crippen molar-refractivity contribution in [1.82, 2.24) is 4.57 Å². The van der Waals surface area contributed by atoms with Gasteiger partial charge in [-0.15, -0.1) is 0 Å². The van der Waals surface area contributed by atoms with Crippen LogP contribution in [0.5, 0.6) is 0 Å². The van der Waals surface area contributed by atoms with Crippen molar-refractivity contribution in [2.24, 2.45) is 7.05 Å². The van der Waals surface area contributed by atoms with Gasteiger partial charge in [-0.1, -0.05) is 18.2 Å². The highest BCUT2D eigenvalue weighted by atomic mass is 16.5. The summed E-state index contributed by atoms with van der Waals surface area (Å²) in [6.07, 6.45) is 1.93. The van der Waals surface area contributed by atoms with Gasteiger partial charge in [-0.2, -0.15) is 0 Å². The summed E-state index contributed by atoms with van der Waals surface area (Å²) in [5.74, 6) is -0.433. The van der Waals surface area contributed by atoms with Crippen molar-refractivity contribution in [2.75, 3.05) is 18.1 Å². The average molecular weight is 340 g/mol. The van der Waals surface area contributed by atoms with E-state index in [2.05, 4.69) is 6.07 Å². The molecule has 2 heterocycles. The Morgan fingerprint density at radius 2 is 1.92 bits per heavy atom. The van der Waals surface area contributed by atoms with Gasteiger partial charge in [-0.3, -0.25) is 4.79 Å². The van der Waals surface area contributed by atoms with Crippen LogP contribution < -0.4 is 4.90 Å². The molecule has 1 amide bonds. The number of hydrogen-bond acceptors (Lipinski definition) is 3. The summed E-state index contributed by atoms with van der Waals surface area (Å²) in [7, 11) is 1.80. The Morgan fingerprint density at radius 3 is 2.64 bits per heavy atom. The van der Waals surface area contributed by atoms with Crippen LogP contribution in [0.1, 0.15) is 51.0 Å². The maximum atomic E-state index is 13.3. The predicted octanol–water partition coefficient (Wildman–Crippen LogP) is 3.41. The van der Waals surface area contributed by atoms with E-state index < -0.39 is 0 Å². The lowest BCUT2D eigenvalue weighted by atomic mass is 10.00. The van der Waals surface area contributed by atoms with Crippen LogP contribution in [0.25, 0.3) is 0 Å². The van der Waals surface area contributed by atoms with Gasteiger partial charge in [0.2, 0.25) is 0 Å². The van der Waals surface area contributed by atoms with Crippen LogP contribution in [-0.2, 0) is 18.2 Å². The second-order valence-electron chi connectivity index (χ2n) is 6.40. The van der Waals surface area contributed by atoms with Crippen LogP contribution in [0.15, 0.2) is 24.3 Å². The molecule has 1 aromatic carbocycles. The van der Waals surface area contributed by atoms with Crippen LogP contribution in [0.3, 0.4) is 0 Å². The number of nitrogens with zero attached hydrogens (tertiary/aromatic N) is 2.